The van der Waals surface area contributed by atoms with Crippen molar-refractivity contribution in [2.45, 2.75) is 19.2 Å². The Hall–Kier alpha value is -2.42. The number of benzene rings is 1. The van der Waals surface area contributed by atoms with E-state index in [2.05, 4.69) is 26.2 Å². The van der Waals surface area contributed by atoms with Gasteiger partial charge in [0.05, 0.1) is 11.1 Å². The summed E-state index contributed by atoms with van der Waals surface area (Å²) in [6.45, 7) is 1.31. The van der Waals surface area contributed by atoms with Crippen LogP contribution in [0.4, 0.5) is 18.9 Å². The minimum Gasteiger partial charge on any atom is -0.449 e. The lowest BCUT2D eigenvalue weighted by molar-refractivity contribution is -0.137. The molecule has 0 bridgehead atoms. The van der Waals surface area contributed by atoms with Crippen molar-refractivity contribution in [3.05, 3.63) is 58.3 Å². The highest BCUT2D eigenvalue weighted by Crippen LogP contribution is 2.30. The highest BCUT2D eigenvalue weighted by Gasteiger charge is 2.30. The zero-order valence-corrected chi connectivity index (χ0v) is 14.4. The highest BCUT2D eigenvalue weighted by molar-refractivity contribution is 9.10. The molecular formula is C16H12BrF3N2O3. The van der Waals surface area contributed by atoms with Gasteiger partial charge in [-0.15, -0.1) is 0 Å². The van der Waals surface area contributed by atoms with Crippen molar-refractivity contribution in [1.29, 1.82) is 0 Å². The lowest BCUT2D eigenvalue weighted by Gasteiger charge is -2.14. The summed E-state index contributed by atoms with van der Waals surface area (Å²) >= 11 is 3.15. The molecule has 1 amide bonds. The van der Waals surface area contributed by atoms with Crippen LogP contribution in [0.25, 0.3) is 0 Å². The fourth-order valence-electron chi connectivity index (χ4n) is 1.82. The molecule has 5 nitrogen and oxygen atoms in total. The average Bonchev–Trinajstić information content (AvgIpc) is 2.54. The molecule has 1 unspecified atom stereocenters. The predicted molar refractivity (Wildman–Crippen MR) is 86.9 cm³/mol. The molecule has 0 fully saturated rings. The van der Waals surface area contributed by atoms with Gasteiger partial charge >= 0.3 is 12.1 Å². The van der Waals surface area contributed by atoms with Gasteiger partial charge in [0, 0.05) is 22.6 Å². The summed E-state index contributed by atoms with van der Waals surface area (Å²) in [6, 6.07) is 5.62. The monoisotopic (exact) mass is 416 g/mol. The SMILES string of the molecule is CC(OC(=O)c1cncc(Br)c1)C(=O)Nc1cccc(C(F)(F)F)c1. The Morgan fingerprint density at radius 3 is 2.60 bits per heavy atom. The summed E-state index contributed by atoms with van der Waals surface area (Å²) in [5.41, 5.74) is -0.810. The first kappa shape index (κ1) is 18.9. The van der Waals surface area contributed by atoms with E-state index in [0.717, 1.165) is 12.1 Å². The number of amides is 1. The zero-order valence-electron chi connectivity index (χ0n) is 12.8. The summed E-state index contributed by atoms with van der Waals surface area (Å²) in [5, 5.41) is 2.28. The molecule has 1 aromatic heterocycles. The smallest absolute Gasteiger partial charge is 0.416 e. The Morgan fingerprint density at radius 1 is 1.24 bits per heavy atom. The van der Waals surface area contributed by atoms with Crippen LogP contribution in [0.2, 0.25) is 0 Å². The summed E-state index contributed by atoms with van der Waals surface area (Å²) < 4.78 is 43.5. The van der Waals surface area contributed by atoms with Crippen LogP contribution in [-0.2, 0) is 15.7 Å². The van der Waals surface area contributed by atoms with Crippen LogP contribution in [0.1, 0.15) is 22.8 Å². The Labute approximate surface area is 149 Å². The molecule has 0 saturated carbocycles. The van der Waals surface area contributed by atoms with Crippen LogP contribution < -0.4 is 5.32 Å². The molecule has 1 aromatic carbocycles. The van der Waals surface area contributed by atoms with Gasteiger partial charge in [-0.1, -0.05) is 6.07 Å². The molecule has 0 aliphatic heterocycles. The first-order valence-corrected chi connectivity index (χ1v) is 7.76. The standard InChI is InChI=1S/C16H12BrF3N2O3/c1-9(25-15(24)10-5-12(17)8-21-7-10)14(23)22-13-4-2-3-11(6-13)16(18,19)20/h2-9H,1H3,(H,22,23). The van der Waals surface area contributed by atoms with E-state index < -0.39 is 29.7 Å². The van der Waals surface area contributed by atoms with Crippen LogP contribution in [0.15, 0.2) is 47.2 Å². The molecule has 1 heterocycles. The maximum Gasteiger partial charge on any atom is 0.416 e. The summed E-state index contributed by atoms with van der Waals surface area (Å²) in [4.78, 5) is 27.8. The van der Waals surface area contributed by atoms with E-state index >= 15 is 0 Å². The van der Waals surface area contributed by atoms with Crippen molar-refractivity contribution in [1.82, 2.24) is 4.98 Å². The molecule has 132 valence electrons. The van der Waals surface area contributed by atoms with Gasteiger partial charge in [-0.3, -0.25) is 9.78 Å². The van der Waals surface area contributed by atoms with Gasteiger partial charge in [-0.2, -0.15) is 13.2 Å². The van der Waals surface area contributed by atoms with E-state index in [4.69, 9.17) is 4.74 Å². The second kappa shape index (κ2) is 7.64. The number of aromatic nitrogens is 1. The van der Waals surface area contributed by atoms with Crippen LogP contribution in [-0.4, -0.2) is 23.0 Å². The largest absolute Gasteiger partial charge is 0.449 e. The highest BCUT2D eigenvalue weighted by atomic mass is 79.9. The van der Waals surface area contributed by atoms with Crippen molar-refractivity contribution >= 4 is 33.5 Å². The third-order valence-corrected chi connectivity index (χ3v) is 3.48. The van der Waals surface area contributed by atoms with Crippen molar-refractivity contribution in [3.8, 4) is 0 Å². The Kier molecular flexibility index (Phi) is 5.78. The maximum atomic E-state index is 12.7. The van der Waals surface area contributed by atoms with Gasteiger partial charge in [-0.25, -0.2) is 4.79 Å². The Bertz CT molecular complexity index is 796. The molecular weight excluding hydrogens is 405 g/mol. The molecule has 0 radical (unpaired) electrons. The number of carbonyl (C=O) groups excluding carboxylic acids is 2. The van der Waals surface area contributed by atoms with Crippen molar-refractivity contribution < 1.29 is 27.5 Å². The van der Waals surface area contributed by atoms with Gasteiger partial charge in [0.2, 0.25) is 0 Å². The number of nitrogens with zero attached hydrogens (tertiary/aromatic N) is 1. The van der Waals surface area contributed by atoms with E-state index in [9.17, 15) is 22.8 Å². The number of halogens is 4. The van der Waals surface area contributed by atoms with E-state index in [-0.39, 0.29) is 11.3 Å². The molecule has 0 saturated heterocycles. The summed E-state index contributed by atoms with van der Waals surface area (Å²) in [7, 11) is 0. The van der Waals surface area contributed by atoms with Crippen molar-refractivity contribution in [3.63, 3.8) is 0 Å². The lowest BCUT2D eigenvalue weighted by Crippen LogP contribution is -2.30. The van der Waals surface area contributed by atoms with E-state index in [0.29, 0.717) is 4.47 Å². The van der Waals surface area contributed by atoms with Gasteiger partial charge in [0.1, 0.15) is 0 Å². The predicted octanol–water partition coefficient (Wildman–Crippen LogP) is 4.05. The van der Waals surface area contributed by atoms with Crippen molar-refractivity contribution in [2.75, 3.05) is 5.32 Å². The van der Waals surface area contributed by atoms with Crippen molar-refractivity contribution in [2.24, 2.45) is 0 Å². The number of ether oxygens (including phenoxy) is 1. The number of carbonyl (C=O) groups is 2. The number of anilines is 1. The molecule has 9 heteroatoms. The zero-order chi connectivity index (χ0) is 18.6. The van der Waals surface area contributed by atoms with Crippen LogP contribution in [0, 0.1) is 0 Å². The van der Waals surface area contributed by atoms with Gasteiger partial charge < -0.3 is 10.1 Å². The topological polar surface area (TPSA) is 68.3 Å². The first-order valence-electron chi connectivity index (χ1n) is 6.96. The fraction of sp³-hybridized carbons (Fsp3) is 0.188. The van der Waals surface area contributed by atoms with E-state index in [1.54, 1.807) is 0 Å². The van der Waals surface area contributed by atoms with Gasteiger partial charge in [-0.05, 0) is 47.1 Å². The Balaban J connectivity index is 2.02. The first-order chi connectivity index (χ1) is 11.7. The van der Waals surface area contributed by atoms with Gasteiger partial charge in [0.25, 0.3) is 5.91 Å². The number of hydrogen-bond acceptors (Lipinski definition) is 4. The summed E-state index contributed by atoms with van der Waals surface area (Å²) in [5.74, 6) is -1.53. The molecule has 0 aliphatic rings. The molecule has 25 heavy (non-hydrogen) atoms. The number of hydrogen-bond donors (Lipinski definition) is 1. The minimum atomic E-state index is -4.52. The molecule has 0 aliphatic carbocycles. The third kappa shape index (κ3) is 5.28. The second-order valence-corrected chi connectivity index (χ2v) is 5.92. The molecule has 0 spiro atoms. The quantitative estimate of drug-likeness (QED) is 0.763. The van der Waals surface area contributed by atoms with E-state index in [1.165, 1.54) is 37.5 Å². The molecule has 1 atom stereocenters. The third-order valence-electron chi connectivity index (χ3n) is 3.05. The fourth-order valence-corrected chi connectivity index (χ4v) is 2.19. The summed E-state index contributed by atoms with van der Waals surface area (Å²) in [6.07, 6.45) is -2.99. The number of nitrogens with one attached hydrogen (secondary N) is 1. The minimum absolute atomic E-state index is 0.0492. The van der Waals surface area contributed by atoms with Crippen LogP contribution in [0.5, 0.6) is 0 Å². The molecule has 1 N–H and O–H groups in total. The van der Waals surface area contributed by atoms with E-state index in [1.807, 2.05) is 0 Å². The van der Waals surface area contributed by atoms with Crippen LogP contribution >= 0.6 is 15.9 Å². The van der Waals surface area contributed by atoms with Crippen LogP contribution in [0.3, 0.4) is 0 Å². The number of rotatable bonds is 4. The number of esters is 1. The lowest BCUT2D eigenvalue weighted by atomic mass is 10.2. The molecule has 2 rings (SSSR count). The second-order valence-electron chi connectivity index (χ2n) is 5.01. The number of pyridine rings is 1. The van der Waals surface area contributed by atoms with Gasteiger partial charge in [0.15, 0.2) is 6.10 Å². The maximum absolute atomic E-state index is 12.7. The molecule has 2 aromatic rings. The number of alkyl halides is 3. The normalized spacial score (nSPS) is 12.4. The Morgan fingerprint density at radius 2 is 1.96 bits per heavy atom. The average molecular weight is 417 g/mol.